The predicted molar refractivity (Wildman–Crippen MR) is 303 cm³/mol. The summed E-state index contributed by atoms with van der Waals surface area (Å²) in [6, 6.07) is 78.4. The Balaban J connectivity index is -0.000000274. The summed E-state index contributed by atoms with van der Waals surface area (Å²) in [4.78, 5) is 0. The van der Waals surface area contributed by atoms with Gasteiger partial charge in [-0.15, -0.1) is 11.1 Å². The van der Waals surface area contributed by atoms with E-state index in [1.807, 2.05) is 183 Å². The van der Waals surface area contributed by atoms with Crippen molar-refractivity contribution in [1.29, 1.82) is 0 Å². The Labute approximate surface area is 474 Å². The van der Waals surface area contributed by atoms with Crippen molar-refractivity contribution in [2.24, 2.45) is 0 Å². The Kier molecular flexibility index (Phi) is 65.4. The molecule has 0 aromatic heterocycles. The summed E-state index contributed by atoms with van der Waals surface area (Å²) >= 11 is 0. The quantitative estimate of drug-likeness (QED) is 0.105. The van der Waals surface area contributed by atoms with Gasteiger partial charge in [0.25, 0.3) is 0 Å². The van der Waals surface area contributed by atoms with E-state index in [1.54, 1.807) is 0 Å². The molecule has 0 saturated heterocycles. The molecule has 0 heterocycles. The number of rotatable bonds is 8. The summed E-state index contributed by atoms with van der Waals surface area (Å²) in [5.74, 6) is 0. The molecule has 370 valence electrons. The second kappa shape index (κ2) is 56.3. The van der Waals surface area contributed by atoms with Gasteiger partial charge in [0.15, 0.2) is 0 Å². The molecule has 0 unspecified atom stereocenters. The third-order valence-corrected chi connectivity index (χ3v) is 8.61. The Morgan fingerprint density at radius 3 is 0.632 bits per heavy atom. The second-order valence-corrected chi connectivity index (χ2v) is 10.9. The van der Waals surface area contributed by atoms with E-state index in [0.717, 1.165) is 44.5 Å². The summed E-state index contributed by atoms with van der Waals surface area (Å²) in [6.07, 6.45) is 0. The summed E-state index contributed by atoms with van der Waals surface area (Å²) in [5, 5.41) is 0. The number of hydrogen-bond acceptors (Lipinski definition) is 0. The Bertz CT molecular complexity index is 1590. The van der Waals surface area contributed by atoms with Gasteiger partial charge in [0.05, 0.1) is 0 Å². The Morgan fingerprint density at radius 1 is 0.235 bits per heavy atom. The van der Waals surface area contributed by atoms with Crippen molar-refractivity contribution in [1.82, 2.24) is 0 Å². The standard InChI is InChI=1S/C44H30.11C2H6.2Y/c1-7-20-35(21-8-1)43(36-22-9-2-10-23-36,37-24-11-3-12-25-37)41-32-19-33-42(34-41)44(38-26-13-4-14-27-38,39-28-15-5-16-29-39)40-30-17-6-18-31-40;11*1-2;;/h1-24,26-30,34H;11*1-2H3;;/q-4;;;;;;;;;;;;;. The molecule has 0 spiro atoms. The van der Waals surface area contributed by atoms with Crippen LogP contribution in [0.15, 0.2) is 182 Å². The maximum atomic E-state index is 3.69. The topological polar surface area (TPSA) is 0 Å². The average molecular weight is 1070 g/mol. The zero-order valence-corrected chi connectivity index (χ0v) is 53.2. The van der Waals surface area contributed by atoms with Crippen LogP contribution in [0.4, 0.5) is 0 Å². The van der Waals surface area contributed by atoms with Crippen LogP contribution in [0.2, 0.25) is 0 Å². The van der Waals surface area contributed by atoms with E-state index in [0.29, 0.717) is 0 Å². The van der Waals surface area contributed by atoms with Gasteiger partial charge in [-0.3, -0.25) is 17.2 Å². The molecule has 0 fully saturated rings. The van der Waals surface area contributed by atoms with Gasteiger partial charge < -0.3 is 18.2 Å². The molecule has 0 nitrogen and oxygen atoms in total. The van der Waals surface area contributed by atoms with Crippen LogP contribution in [0, 0.1) is 24.3 Å². The van der Waals surface area contributed by atoms with Crippen molar-refractivity contribution < 1.29 is 65.4 Å². The van der Waals surface area contributed by atoms with Crippen LogP contribution in [0.3, 0.4) is 0 Å². The van der Waals surface area contributed by atoms with Gasteiger partial charge in [-0.25, -0.2) is 0 Å². The SMILES string of the molecule is CC.CC.CC.CC.CC.CC.CC.CC.CC.CC.CC.[Y].[Y].[c-]1ccccc1C(c1[c-]c[c-]c(C(c2[c-]cccc2)(c2ccccc2)c2ccccc2)c1)(c1ccccc1)c1ccccc1. The minimum Gasteiger partial charge on any atom is -0.354 e. The Hall–Kier alpha value is -3.25. The third-order valence-electron chi connectivity index (χ3n) is 8.61. The van der Waals surface area contributed by atoms with Gasteiger partial charge in [-0.05, 0) is 22.3 Å². The van der Waals surface area contributed by atoms with Crippen LogP contribution in [0.5, 0.6) is 0 Å². The van der Waals surface area contributed by atoms with Crippen LogP contribution in [-0.4, -0.2) is 0 Å². The third kappa shape index (κ3) is 22.7. The van der Waals surface area contributed by atoms with Crippen molar-refractivity contribution in [3.05, 3.63) is 251 Å². The fraction of sp³-hybridized carbons (Fsp3) is 0.364. The number of hydrogen-bond donors (Lipinski definition) is 0. The fourth-order valence-electron chi connectivity index (χ4n) is 6.73. The largest absolute Gasteiger partial charge is 0.354 e. The molecule has 2 radical (unpaired) electrons. The van der Waals surface area contributed by atoms with Gasteiger partial charge in [-0.1, -0.05) is 274 Å². The van der Waals surface area contributed by atoms with Gasteiger partial charge in [0.1, 0.15) is 0 Å². The van der Waals surface area contributed by atoms with Gasteiger partial charge in [0.2, 0.25) is 0 Å². The minimum atomic E-state index is -0.673. The first-order valence-electron chi connectivity index (χ1n) is 26.0. The van der Waals surface area contributed by atoms with Gasteiger partial charge in [-0.2, -0.15) is 60.7 Å². The van der Waals surface area contributed by atoms with E-state index < -0.39 is 10.8 Å². The molecule has 0 N–H and O–H groups in total. The zero-order valence-electron chi connectivity index (χ0n) is 47.5. The molecule has 7 rings (SSSR count). The maximum absolute atomic E-state index is 3.69. The molecular weight excluding hydrogens is 971 g/mol. The van der Waals surface area contributed by atoms with E-state index in [4.69, 9.17) is 0 Å². The van der Waals surface area contributed by atoms with Crippen molar-refractivity contribution in [3.63, 3.8) is 0 Å². The van der Waals surface area contributed by atoms with E-state index in [1.165, 1.54) is 0 Å². The van der Waals surface area contributed by atoms with Crippen LogP contribution < -0.4 is 0 Å². The van der Waals surface area contributed by atoms with E-state index in [9.17, 15) is 0 Å². The summed E-state index contributed by atoms with van der Waals surface area (Å²) < 4.78 is 0. The van der Waals surface area contributed by atoms with Gasteiger partial charge in [0, 0.05) is 76.2 Å². The molecular formula is C66H96Y2-4. The molecule has 68 heavy (non-hydrogen) atoms. The summed E-state index contributed by atoms with van der Waals surface area (Å²) in [7, 11) is 0. The van der Waals surface area contributed by atoms with Gasteiger partial charge >= 0.3 is 0 Å². The molecule has 2 heteroatoms. The first-order chi connectivity index (χ1) is 32.8. The second-order valence-electron chi connectivity index (χ2n) is 10.9. The smallest absolute Gasteiger partial charge is 0.00497 e. The van der Waals surface area contributed by atoms with Crippen LogP contribution in [0.1, 0.15) is 197 Å². The number of benzene rings is 7. The molecule has 0 aliphatic carbocycles. The van der Waals surface area contributed by atoms with Crippen molar-refractivity contribution in [3.8, 4) is 0 Å². The average Bonchev–Trinajstić information content (AvgIpc) is 3.47. The van der Waals surface area contributed by atoms with Crippen LogP contribution >= 0.6 is 0 Å². The minimum absolute atomic E-state index is 0. The van der Waals surface area contributed by atoms with Crippen molar-refractivity contribution >= 4 is 0 Å². The molecule has 0 aliphatic rings. The summed E-state index contributed by atoms with van der Waals surface area (Å²) in [6.45, 7) is 44.0. The van der Waals surface area contributed by atoms with E-state index in [2.05, 4.69) is 176 Å². The monoisotopic (exact) mass is 1070 g/mol. The molecule has 0 aliphatic heterocycles. The molecule has 0 amide bonds. The molecule has 0 saturated carbocycles. The van der Waals surface area contributed by atoms with Crippen molar-refractivity contribution in [2.45, 2.75) is 163 Å². The van der Waals surface area contributed by atoms with Crippen LogP contribution in [0.25, 0.3) is 0 Å². The molecule has 0 atom stereocenters. The van der Waals surface area contributed by atoms with E-state index in [-0.39, 0.29) is 65.4 Å². The maximum Gasteiger partial charge on any atom is 0.00497 e. The van der Waals surface area contributed by atoms with E-state index >= 15 is 0 Å². The summed E-state index contributed by atoms with van der Waals surface area (Å²) in [5.41, 5.74) is 7.43. The predicted octanol–water partition coefficient (Wildman–Crippen LogP) is 20.9. The Morgan fingerprint density at radius 2 is 0.441 bits per heavy atom. The first kappa shape index (κ1) is 78.9. The molecule has 0 bridgehead atoms. The molecule has 7 aromatic rings. The normalized spacial score (nSPS) is 8.50. The fourth-order valence-corrected chi connectivity index (χ4v) is 6.73. The first-order valence-corrected chi connectivity index (χ1v) is 26.0. The zero-order chi connectivity index (χ0) is 51.7. The van der Waals surface area contributed by atoms with Crippen LogP contribution in [-0.2, 0) is 76.2 Å². The van der Waals surface area contributed by atoms with Crippen molar-refractivity contribution in [2.75, 3.05) is 0 Å². The molecule has 7 aromatic carbocycles.